The van der Waals surface area contributed by atoms with Crippen LogP contribution in [0.3, 0.4) is 0 Å². The molecule has 0 amide bonds. The predicted molar refractivity (Wildman–Crippen MR) is 50.9 cm³/mol. The van der Waals surface area contributed by atoms with Crippen LogP contribution in [0.1, 0.15) is 26.7 Å². The van der Waals surface area contributed by atoms with Crippen LogP contribution < -0.4 is 0 Å². The van der Waals surface area contributed by atoms with E-state index in [4.69, 9.17) is 0 Å². The van der Waals surface area contributed by atoms with Crippen molar-refractivity contribution in [2.45, 2.75) is 38.4 Å². The first-order valence-electron chi connectivity index (χ1n) is 4.08. The largest absolute Gasteiger partial charge is 0.389 e. The second-order valence-electron chi connectivity index (χ2n) is 3.46. The minimum Gasteiger partial charge on any atom is -0.389 e. The highest BCUT2D eigenvalue weighted by Gasteiger charge is 2.17. The second kappa shape index (κ2) is 4.43. The Labute approximate surface area is 74.2 Å². The molecule has 0 saturated heterocycles. The molecule has 0 saturated carbocycles. The standard InChI is InChI=1S/C10H18O2/c1-5-10(4,12)7-6-9(11)8(2)3/h5,9,11-12H,1-2,6-7H2,3-4H3/t9-,10+/m1/s1. The molecule has 0 rings (SSSR count). The van der Waals surface area contributed by atoms with E-state index in [0.717, 1.165) is 5.57 Å². The van der Waals surface area contributed by atoms with Gasteiger partial charge in [-0.05, 0) is 26.7 Å². The normalized spacial score (nSPS) is 18.0. The summed E-state index contributed by atoms with van der Waals surface area (Å²) < 4.78 is 0. The van der Waals surface area contributed by atoms with Gasteiger partial charge in [-0.3, -0.25) is 0 Å². The summed E-state index contributed by atoms with van der Waals surface area (Å²) in [5.74, 6) is 0. The lowest BCUT2D eigenvalue weighted by atomic mass is 9.96. The Morgan fingerprint density at radius 1 is 1.67 bits per heavy atom. The number of hydrogen-bond donors (Lipinski definition) is 2. The minimum atomic E-state index is -0.879. The topological polar surface area (TPSA) is 40.5 Å². The Morgan fingerprint density at radius 3 is 2.50 bits per heavy atom. The van der Waals surface area contributed by atoms with Gasteiger partial charge in [0, 0.05) is 0 Å². The Bertz CT molecular complexity index is 171. The van der Waals surface area contributed by atoms with Gasteiger partial charge in [0.1, 0.15) is 0 Å². The zero-order valence-electron chi connectivity index (χ0n) is 7.88. The summed E-state index contributed by atoms with van der Waals surface area (Å²) in [6.07, 6.45) is 1.99. The highest BCUT2D eigenvalue weighted by atomic mass is 16.3. The molecule has 0 fully saturated rings. The lowest BCUT2D eigenvalue weighted by molar-refractivity contribution is 0.0811. The molecule has 70 valence electrons. The molecule has 0 aliphatic carbocycles. The molecule has 2 N–H and O–H groups in total. The average Bonchev–Trinajstić information content (AvgIpc) is 2.00. The average molecular weight is 170 g/mol. The fraction of sp³-hybridized carbons (Fsp3) is 0.600. The van der Waals surface area contributed by atoms with E-state index in [-0.39, 0.29) is 0 Å². The lowest BCUT2D eigenvalue weighted by Crippen LogP contribution is -2.23. The first kappa shape index (κ1) is 11.4. The van der Waals surface area contributed by atoms with Gasteiger partial charge in [0.15, 0.2) is 0 Å². The first-order chi connectivity index (χ1) is 5.39. The van der Waals surface area contributed by atoms with E-state index >= 15 is 0 Å². The Balaban J connectivity index is 3.83. The highest BCUT2D eigenvalue weighted by Crippen LogP contribution is 2.16. The number of hydrogen-bond acceptors (Lipinski definition) is 2. The SMILES string of the molecule is C=C[C@](C)(O)CC[C@@H](O)C(=C)C. The number of aliphatic hydroxyl groups excluding tert-OH is 1. The lowest BCUT2D eigenvalue weighted by Gasteiger charge is -2.20. The van der Waals surface area contributed by atoms with E-state index < -0.39 is 11.7 Å². The molecule has 0 unspecified atom stereocenters. The van der Waals surface area contributed by atoms with Crippen molar-refractivity contribution >= 4 is 0 Å². The minimum absolute atomic E-state index is 0.504. The molecular weight excluding hydrogens is 152 g/mol. The molecule has 0 aliphatic rings. The molecule has 0 bridgehead atoms. The van der Waals surface area contributed by atoms with Gasteiger partial charge >= 0.3 is 0 Å². The summed E-state index contributed by atoms with van der Waals surface area (Å²) in [7, 11) is 0. The number of rotatable bonds is 5. The van der Waals surface area contributed by atoms with Crippen LogP contribution >= 0.6 is 0 Å². The van der Waals surface area contributed by atoms with Crippen molar-refractivity contribution in [3.63, 3.8) is 0 Å². The quantitative estimate of drug-likeness (QED) is 0.616. The van der Waals surface area contributed by atoms with Gasteiger partial charge in [-0.1, -0.05) is 18.2 Å². The monoisotopic (exact) mass is 170 g/mol. The second-order valence-corrected chi connectivity index (χ2v) is 3.46. The van der Waals surface area contributed by atoms with Crippen LogP contribution in [0.2, 0.25) is 0 Å². The van der Waals surface area contributed by atoms with Gasteiger partial charge in [0.2, 0.25) is 0 Å². The van der Waals surface area contributed by atoms with Crippen LogP contribution in [0.4, 0.5) is 0 Å². The summed E-state index contributed by atoms with van der Waals surface area (Å²) >= 11 is 0. The molecule has 0 aromatic rings. The third kappa shape index (κ3) is 4.31. The van der Waals surface area contributed by atoms with Crippen molar-refractivity contribution in [1.82, 2.24) is 0 Å². The Hall–Kier alpha value is -0.600. The van der Waals surface area contributed by atoms with Crippen molar-refractivity contribution < 1.29 is 10.2 Å². The van der Waals surface area contributed by atoms with Crippen LogP contribution in [0.5, 0.6) is 0 Å². The van der Waals surface area contributed by atoms with Crippen molar-refractivity contribution in [1.29, 1.82) is 0 Å². The summed E-state index contributed by atoms with van der Waals surface area (Å²) in [4.78, 5) is 0. The van der Waals surface area contributed by atoms with Gasteiger partial charge in [-0.15, -0.1) is 6.58 Å². The molecule has 2 atom stereocenters. The predicted octanol–water partition coefficient (Wildman–Crippen LogP) is 1.64. The van der Waals surface area contributed by atoms with Crippen LogP contribution in [0.25, 0.3) is 0 Å². The van der Waals surface area contributed by atoms with Crippen LogP contribution in [0, 0.1) is 0 Å². The third-order valence-corrected chi connectivity index (χ3v) is 1.93. The molecule has 0 aromatic carbocycles. The molecule has 0 aromatic heterocycles. The van der Waals surface area contributed by atoms with Gasteiger partial charge in [-0.25, -0.2) is 0 Å². The zero-order chi connectivity index (χ0) is 9.78. The van der Waals surface area contributed by atoms with E-state index in [9.17, 15) is 10.2 Å². The zero-order valence-corrected chi connectivity index (χ0v) is 7.88. The molecule has 0 aliphatic heterocycles. The first-order valence-corrected chi connectivity index (χ1v) is 4.08. The van der Waals surface area contributed by atoms with Crippen molar-refractivity contribution in [3.05, 3.63) is 24.8 Å². The van der Waals surface area contributed by atoms with E-state index in [1.807, 2.05) is 0 Å². The van der Waals surface area contributed by atoms with Gasteiger partial charge in [0.25, 0.3) is 0 Å². The fourth-order valence-electron chi connectivity index (χ4n) is 0.777. The van der Waals surface area contributed by atoms with Crippen LogP contribution in [0.15, 0.2) is 24.8 Å². The van der Waals surface area contributed by atoms with Gasteiger partial charge in [0.05, 0.1) is 11.7 Å². The Kier molecular flexibility index (Phi) is 4.21. The molecule has 0 radical (unpaired) electrons. The number of aliphatic hydroxyl groups is 2. The van der Waals surface area contributed by atoms with Gasteiger partial charge < -0.3 is 10.2 Å². The Morgan fingerprint density at radius 2 is 2.17 bits per heavy atom. The summed E-state index contributed by atoms with van der Waals surface area (Å²) in [6.45, 7) is 10.6. The maximum absolute atomic E-state index is 9.50. The molecular formula is C10H18O2. The van der Waals surface area contributed by atoms with E-state index in [1.165, 1.54) is 6.08 Å². The smallest absolute Gasteiger partial charge is 0.0798 e. The molecule has 0 spiro atoms. The van der Waals surface area contributed by atoms with Crippen molar-refractivity contribution in [2.75, 3.05) is 0 Å². The van der Waals surface area contributed by atoms with E-state index in [2.05, 4.69) is 13.2 Å². The third-order valence-electron chi connectivity index (χ3n) is 1.93. The molecule has 2 nitrogen and oxygen atoms in total. The highest BCUT2D eigenvalue weighted by molar-refractivity contribution is 4.99. The van der Waals surface area contributed by atoms with E-state index in [0.29, 0.717) is 12.8 Å². The maximum Gasteiger partial charge on any atom is 0.0798 e. The summed E-state index contributed by atoms with van der Waals surface area (Å²) in [5.41, 5.74) is -0.147. The maximum atomic E-state index is 9.50. The molecule has 12 heavy (non-hydrogen) atoms. The molecule has 0 heterocycles. The van der Waals surface area contributed by atoms with Crippen LogP contribution in [-0.4, -0.2) is 21.9 Å². The van der Waals surface area contributed by atoms with E-state index in [1.54, 1.807) is 13.8 Å². The fourth-order valence-corrected chi connectivity index (χ4v) is 0.777. The van der Waals surface area contributed by atoms with Crippen molar-refractivity contribution in [3.8, 4) is 0 Å². The summed E-state index contributed by atoms with van der Waals surface area (Å²) in [5, 5.41) is 18.8. The van der Waals surface area contributed by atoms with Crippen LogP contribution in [-0.2, 0) is 0 Å². The summed E-state index contributed by atoms with van der Waals surface area (Å²) in [6, 6.07) is 0. The van der Waals surface area contributed by atoms with Crippen molar-refractivity contribution in [2.24, 2.45) is 0 Å². The van der Waals surface area contributed by atoms with Gasteiger partial charge in [-0.2, -0.15) is 0 Å². The molecule has 2 heteroatoms.